The lowest BCUT2D eigenvalue weighted by atomic mass is 9.79. The molecule has 0 aliphatic carbocycles. The molecular weight excluding hydrogens is 277 g/mol. The summed E-state index contributed by atoms with van der Waals surface area (Å²) in [5.74, 6) is 0.0472. The zero-order valence-corrected chi connectivity index (χ0v) is 9.81. The average molecular weight is 287 g/mol. The number of hydrogen-bond donors (Lipinski definition) is 0. The smallest absolute Gasteiger partial charge is 0.467 e. The lowest BCUT2D eigenvalue weighted by molar-refractivity contribution is -0.186. The summed E-state index contributed by atoms with van der Waals surface area (Å²) in [6, 6.07) is 2.74. The van der Waals surface area contributed by atoms with E-state index >= 15 is 0 Å². The van der Waals surface area contributed by atoms with Gasteiger partial charge >= 0.3 is 13.2 Å². The average Bonchev–Trinajstić information content (AvgIpc) is 2.23. The minimum atomic E-state index is -5.11. The maximum Gasteiger partial charge on any atom is 0.509 e. The Balaban J connectivity index is 2.57. The molecule has 19 heavy (non-hydrogen) atoms. The maximum absolute atomic E-state index is 12.4. The van der Waals surface area contributed by atoms with Gasteiger partial charge in [-0.15, -0.1) is 5.46 Å². The number of ether oxygens (including phenoxy) is 2. The summed E-state index contributed by atoms with van der Waals surface area (Å²) < 4.78 is 81.5. The fraction of sp³-hybridized carbons (Fsp3) is 0.400. The molecule has 0 saturated heterocycles. The van der Waals surface area contributed by atoms with Gasteiger partial charge in [0.05, 0.1) is 0 Å². The van der Waals surface area contributed by atoms with Crippen molar-refractivity contribution < 1.29 is 35.6 Å². The predicted octanol–water partition coefficient (Wildman–Crippen LogP) is 2.96. The van der Waals surface area contributed by atoms with E-state index < -0.39 is 32.0 Å². The van der Waals surface area contributed by atoms with Crippen LogP contribution in [-0.4, -0.2) is 26.6 Å². The molecular formula is C10H10BF6O2-. The molecule has 0 amide bonds. The molecule has 2 nitrogen and oxygen atoms in total. The lowest BCUT2D eigenvalue weighted by Gasteiger charge is -2.17. The Bertz CT molecular complexity index is 429. The molecule has 1 aromatic carbocycles. The molecule has 0 radical (unpaired) electrons. The Kier molecular flexibility index (Phi) is 4.73. The van der Waals surface area contributed by atoms with E-state index in [1.54, 1.807) is 0 Å². The van der Waals surface area contributed by atoms with Crippen LogP contribution in [0.2, 0.25) is 0 Å². The van der Waals surface area contributed by atoms with E-state index in [2.05, 4.69) is 4.74 Å². The molecule has 0 heterocycles. The van der Waals surface area contributed by atoms with Crippen LogP contribution < -0.4 is 10.2 Å². The third-order valence-corrected chi connectivity index (χ3v) is 2.14. The second kappa shape index (κ2) is 5.73. The Morgan fingerprint density at radius 1 is 1.16 bits per heavy atom. The Labute approximate surface area is 105 Å². The van der Waals surface area contributed by atoms with Crippen molar-refractivity contribution in [2.75, 3.05) is 13.4 Å². The minimum Gasteiger partial charge on any atom is -0.467 e. The van der Waals surface area contributed by atoms with Crippen molar-refractivity contribution in [1.29, 1.82) is 0 Å². The van der Waals surface area contributed by atoms with Crippen molar-refractivity contribution in [3.63, 3.8) is 0 Å². The lowest BCUT2D eigenvalue weighted by Crippen LogP contribution is -2.34. The first-order valence-corrected chi connectivity index (χ1v) is 5.17. The van der Waals surface area contributed by atoms with Crippen molar-refractivity contribution in [2.45, 2.75) is 13.1 Å². The van der Waals surface area contributed by atoms with Gasteiger partial charge in [0, 0.05) is 0 Å². The van der Waals surface area contributed by atoms with Crippen LogP contribution >= 0.6 is 0 Å². The van der Waals surface area contributed by atoms with E-state index in [0.717, 1.165) is 18.2 Å². The zero-order chi connectivity index (χ0) is 14.7. The fourth-order valence-corrected chi connectivity index (χ4v) is 1.30. The fourth-order valence-electron chi connectivity index (χ4n) is 1.30. The molecule has 1 aromatic rings. The minimum absolute atomic E-state index is 0.0472. The predicted molar refractivity (Wildman–Crippen MR) is 57.4 cm³/mol. The Morgan fingerprint density at radius 2 is 1.79 bits per heavy atom. The van der Waals surface area contributed by atoms with E-state index in [1.807, 2.05) is 0 Å². The van der Waals surface area contributed by atoms with Crippen LogP contribution in [0.4, 0.5) is 26.1 Å². The van der Waals surface area contributed by atoms with Crippen LogP contribution in [0.5, 0.6) is 5.75 Å². The van der Waals surface area contributed by atoms with Crippen molar-refractivity contribution in [3.8, 4) is 5.75 Å². The van der Waals surface area contributed by atoms with E-state index in [9.17, 15) is 26.1 Å². The molecule has 0 aliphatic heterocycles. The van der Waals surface area contributed by atoms with Crippen molar-refractivity contribution in [1.82, 2.24) is 0 Å². The van der Waals surface area contributed by atoms with E-state index in [4.69, 9.17) is 4.74 Å². The highest BCUT2D eigenvalue weighted by molar-refractivity contribution is 6.73. The summed E-state index contributed by atoms with van der Waals surface area (Å²) in [7, 11) is 0. The first-order valence-electron chi connectivity index (χ1n) is 5.17. The summed E-state index contributed by atoms with van der Waals surface area (Å²) in [6.07, 6.45) is -4.47. The number of rotatable bonds is 5. The first kappa shape index (κ1) is 15.7. The van der Waals surface area contributed by atoms with Crippen LogP contribution in [0, 0.1) is 6.92 Å². The molecule has 0 fully saturated rings. The van der Waals surface area contributed by atoms with Crippen LogP contribution in [0.15, 0.2) is 18.2 Å². The van der Waals surface area contributed by atoms with Gasteiger partial charge in [-0.1, -0.05) is 12.1 Å². The molecule has 108 valence electrons. The molecule has 0 aliphatic rings. The van der Waals surface area contributed by atoms with Crippen LogP contribution in [-0.2, 0) is 4.74 Å². The normalized spacial score (nSPS) is 12.6. The number of halogens is 6. The third kappa shape index (κ3) is 5.42. The largest absolute Gasteiger partial charge is 0.509 e. The molecule has 0 saturated carbocycles. The molecule has 1 rings (SSSR count). The third-order valence-electron chi connectivity index (χ3n) is 2.14. The molecule has 0 atom stereocenters. The summed E-state index contributed by atoms with van der Waals surface area (Å²) in [6.45, 7) is -5.91. The van der Waals surface area contributed by atoms with E-state index in [-0.39, 0.29) is 11.3 Å². The molecule has 0 N–H and O–H groups in total. The van der Waals surface area contributed by atoms with Gasteiger partial charge in [0.2, 0.25) is 0 Å². The molecule has 0 aromatic heterocycles. The van der Waals surface area contributed by atoms with E-state index in [0.29, 0.717) is 0 Å². The van der Waals surface area contributed by atoms with Crippen molar-refractivity contribution >= 4 is 12.4 Å². The van der Waals surface area contributed by atoms with Gasteiger partial charge in [0.1, 0.15) is 12.4 Å². The SMILES string of the molecule is Cc1cc([B-](F)(F)F)ccc1OCOCC(F)(F)F. The summed E-state index contributed by atoms with van der Waals surface area (Å²) in [5, 5.41) is 0. The highest BCUT2D eigenvalue weighted by atomic mass is 19.4. The summed E-state index contributed by atoms with van der Waals surface area (Å²) in [4.78, 5) is 0. The standard InChI is InChI=1S/C10H10BF6O2/c1-7-4-8(11(15,16)17)2-3-9(7)19-6-18-5-10(12,13)14/h2-4H,5-6H2,1H3/q-1. The second-order valence-electron chi connectivity index (χ2n) is 3.83. The maximum atomic E-state index is 12.4. The number of benzene rings is 1. The van der Waals surface area contributed by atoms with Gasteiger partial charge in [-0.3, -0.25) is 0 Å². The highest BCUT2D eigenvalue weighted by Gasteiger charge is 2.28. The van der Waals surface area contributed by atoms with Crippen molar-refractivity contribution in [2.24, 2.45) is 0 Å². The zero-order valence-electron chi connectivity index (χ0n) is 9.81. The molecule has 0 unspecified atom stereocenters. The monoisotopic (exact) mass is 287 g/mol. The Morgan fingerprint density at radius 3 is 2.26 bits per heavy atom. The quantitative estimate of drug-likeness (QED) is 0.359. The van der Waals surface area contributed by atoms with Gasteiger partial charge in [-0.25, -0.2) is 0 Å². The molecule has 0 bridgehead atoms. The van der Waals surface area contributed by atoms with Crippen LogP contribution in [0.25, 0.3) is 0 Å². The Hall–Kier alpha value is -1.38. The van der Waals surface area contributed by atoms with Crippen LogP contribution in [0.1, 0.15) is 5.56 Å². The number of aryl methyl sites for hydroxylation is 1. The van der Waals surface area contributed by atoms with Gasteiger partial charge in [0.25, 0.3) is 0 Å². The first-order chi connectivity index (χ1) is 8.59. The van der Waals surface area contributed by atoms with Gasteiger partial charge < -0.3 is 22.4 Å². The van der Waals surface area contributed by atoms with Gasteiger partial charge in [-0.05, 0) is 18.6 Å². The van der Waals surface area contributed by atoms with E-state index in [1.165, 1.54) is 6.92 Å². The number of alkyl halides is 3. The molecule has 9 heteroatoms. The highest BCUT2D eigenvalue weighted by Crippen LogP contribution is 2.19. The van der Waals surface area contributed by atoms with Gasteiger partial charge in [-0.2, -0.15) is 13.2 Å². The summed E-state index contributed by atoms with van der Waals surface area (Å²) in [5.41, 5.74) is -0.617. The molecule has 0 spiro atoms. The second-order valence-corrected chi connectivity index (χ2v) is 3.83. The van der Waals surface area contributed by atoms with Crippen LogP contribution in [0.3, 0.4) is 0 Å². The number of hydrogen-bond acceptors (Lipinski definition) is 2. The topological polar surface area (TPSA) is 18.5 Å². The summed E-state index contributed by atoms with van der Waals surface area (Å²) >= 11 is 0. The van der Waals surface area contributed by atoms with Gasteiger partial charge in [0.15, 0.2) is 6.79 Å². The van der Waals surface area contributed by atoms with Crippen molar-refractivity contribution in [3.05, 3.63) is 23.8 Å².